The first-order valence-electron chi connectivity index (χ1n) is 8.49. The van der Waals surface area contributed by atoms with Gasteiger partial charge < -0.3 is 15.5 Å². The minimum Gasteiger partial charge on any atom is -0.378 e. The molecule has 2 amide bonds. The zero-order chi connectivity index (χ0) is 21.3. The summed E-state index contributed by atoms with van der Waals surface area (Å²) in [5.74, 6) is -0.777. The van der Waals surface area contributed by atoms with E-state index in [9.17, 15) is 32.9 Å². The molecule has 1 saturated heterocycles. The van der Waals surface area contributed by atoms with Crippen molar-refractivity contribution in [3.05, 3.63) is 33.9 Å². The predicted molar refractivity (Wildman–Crippen MR) is 99.5 cm³/mol. The monoisotopic (exact) mass is 431 g/mol. The lowest BCUT2D eigenvalue weighted by atomic mass is 10.1. The molecule has 2 aliphatic heterocycles. The minimum absolute atomic E-state index is 0.0843. The fourth-order valence-electron chi connectivity index (χ4n) is 3.16. The van der Waals surface area contributed by atoms with Gasteiger partial charge in [0, 0.05) is 50.4 Å². The van der Waals surface area contributed by atoms with Gasteiger partial charge in [-0.25, -0.2) is 0 Å². The first-order chi connectivity index (χ1) is 13.6. The molecule has 2 N–H and O–H groups in total. The number of piperazine rings is 1. The minimum atomic E-state index is -4.76. The van der Waals surface area contributed by atoms with Crippen molar-refractivity contribution in [3.63, 3.8) is 0 Å². The fourth-order valence-corrected chi connectivity index (χ4v) is 3.97. The summed E-state index contributed by atoms with van der Waals surface area (Å²) in [6.07, 6.45) is -4.84. The van der Waals surface area contributed by atoms with Crippen LogP contribution in [-0.4, -0.2) is 58.2 Å². The van der Waals surface area contributed by atoms with Crippen LogP contribution in [0.1, 0.15) is 12.0 Å². The van der Waals surface area contributed by atoms with E-state index < -0.39 is 33.5 Å². The molecule has 1 unspecified atom stereocenters. The van der Waals surface area contributed by atoms with Crippen LogP contribution in [0.25, 0.3) is 0 Å². The maximum absolute atomic E-state index is 13.4. The first kappa shape index (κ1) is 20.9. The molecule has 13 heteroatoms. The van der Waals surface area contributed by atoms with Gasteiger partial charge in [0.05, 0.1) is 10.5 Å². The molecular formula is C16H16F3N5O4S. The molecule has 0 bridgehead atoms. The molecule has 0 aliphatic carbocycles. The second-order valence-corrected chi connectivity index (χ2v) is 7.65. The van der Waals surface area contributed by atoms with Crippen LogP contribution >= 0.6 is 11.8 Å². The van der Waals surface area contributed by atoms with Crippen LogP contribution in [0.3, 0.4) is 0 Å². The van der Waals surface area contributed by atoms with E-state index in [0.29, 0.717) is 6.07 Å². The maximum Gasteiger partial charge on any atom is 0.418 e. The highest BCUT2D eigenvalue weighted by atomic mass is 32.2. The van der Waals surface area contributed by atoms with Crippen LogP contribution < -0.4 is 10.6 Å². The van der Waals surface area contributed by atoms with Crippen molar-refractivity contribution in [2.24, 2.45) is 10.7 Å². The number of nitro benzene ring substituents is 1. The van der Waals surface area contributed by atoms with E-state index in [1.807, 2.05) is 0 Å². The number of nitrogens with two attached hydrogens (primary N) is 1. The van der Waals surface area contributed by atoms with Gasteiger partial charge in [-0.1, -0.05) is 11.8 Å². The molecule has 156 valence electrons. The normalized spacial score (nSPS) is 20.0. The van der Waals surface area contributed by atoms with Crippen molar-refractivity contribution in [1.82, 2.24) is 4.90 Å². The number of nitrogens with zero attached hydrogens (tertiary/aromatic N) is 4. The van der Waals surface area contributed by atoms with Crippen molar-refractivity contribution < 1.29 is 27.7 Å². The summed E-state index contributed by atoms with van der Waals surface area (Å²) in [6, 6.07) is 2.61. The SMILES string of the molecule is NC1=NC(=O)C(CC(=O)N2CCN(c3ccc([N+](=O)[O-])cc3C(F)(F)F)CC2)S1. The number of thioether (sulfide) groups is 1. The number of carbonyl (C=O) groups is 2. The van der Waals surface area contributed by atoms with Crippen LogP contribution in [0.5, 0.6) is 0 Å². The Labute approximate surface area is 166 Å². The van der Waals surface area contributed by atoms with Gasteiger partial charge in [-0.15, -0.1) is 0 Å². The quantitative estimate of drug-likeness (QED) is 0.568. The highest BCUT2D eigenvalue weighted by molar-refractivity contribution is 8.15. The fraction of sp³-hybridized carbons (Fsp3) is 0.438. The summed E-state index contributed by atoms with van der Waals surface area (Å²) in [5.41, 5.74) is 3.55. The summed E-state index contributed by atoms with van der Waals surface area (Å²) in [7, 11) is 0. The molecule has 2 heterocycles. The van der Waals surface area contributed by atoms with E-state index in [1.54, 1.807) is 0 Å². The Balaban J connectivity index is 1.67. The molecule has 1 aromatic carbocycles. The number of amides is 2. The van der Waals surface area contributed by atoms with E-state index in [2.05, 4.69) is 4.99 Å². The Kier molecular flexibility index (Phi) is 5.68. The lowest BCUT2D eigenvalue weighted by Crippen LogP contribution is -2.49. The standard InChI is InChI=1S/C16H16F3N5O4S/c17-16(18,19)10-7-9(24(27)28)1-2-11(10)22-3-5-23(6-4-22)13(25)8-12-14(26)21-15(20)29-12/h1-2,7,12H,3-6,8H2,(H2,20,21,26). The van der Waals surface area contributed by atoms with Crippen molar-refractivity contribution in [3.8, 4) is 0 Å². The topological polar surface area (TPSA) is 122 Å². The number of non-ortho nitro benzene ring substituents is 1. The number of alkyl halides is 3. The molecule has 1 atom stereocenters. The highest BCUT2D eigenvalue weighted by Gasteiger charge is 2.38. The van der Waals surface area contributed by atoms with Crippen molar-refractivity contribution >= 4 is 40.1 Å². The lowest BCUT2D eigenvalue weighted by Gasteiger charge is -2.37. The molecule has 1 fully saturated rings. The van der Waals surface area contributed by atoms with Gasteiger partial charge in [0.25, 0.3) is 11.6 Å². The van der Waals surface area contributed by atoms with Crippen LogP contribution in [0.15, 0.2) is 23.2 Å². The smallest absolute Gasteiger partial charge is 0.378 e. The molecule has 0 radical (unpaired) electrons. The third kappa shape index (κ3) is 4.60. The average Bonchev–Trinajstić information content (AvgIpc) is 2.97. The third-order valence-corrected chi connectivity index (χ3v) is 5.57. The Hall–Kier alpha value is -2.83. The number of benzene rings is 1. The van der Waals surface area contributed by atoms with E-state index in [4.69, 9.17) is 5.73 Å². The van der Waals surface area contributed by atoms with Gasteiger partial charge in [-0.05, 0) is 6.07 Å². The number of carbonyl (C=O) groups excluding carboxylic acids is 2. The number of amidine groups is 1. The number of rotatable bonds is 4. The third-order valence-electron chi connectivity index (χ3n) is 4.59. The first-order valence-corrected chi connectivity index (χ1v) is 9.37. The van der Waals surface area contributed by atoms with E-state index in [-0.39, 0.29) is 49.4 Å². The molecule has 0 saturated carbocycles. The molecule has 0 spiro atoms. The number of halogens is 3. The second kappa shape index (κ2) is 7.89. The van der Waals surface area contributed by atoms with Gasteiger partial charge in [0.15, 0.2) is 5.17 Å². The molecular weight excluding hydrogens is 415 g/mol. The Morgan fingerprint density at radius 3 is 2.48 bits per heavy atom. The molecule has 0 aromatic heterocycles. The Morgan fingerprint density at radius 1 is 1.31 bits per heavy atom. The summed E-state index contributed by atoms with van der Waals surface area (Å²) < 4.78 is 40.1. The average molecular weight is 431 g/mol. The maximum atomic E-state index is 13.4. The van der Waals surface area contributed by atoms with Gasteiger partial charge >= 0.3 is 6.18 Å². The zero-order valence-corrected chi connectivity index (χ0v) is 15.7. The van der Waals surface area contributed by atoms with Gasteiger partial charge in [-0.3, -0.25) is 19.7 Å². The van der Waals surface area contributed by atoms with Crippen LogP contribution in [-0.2, 0) is 15.8 Å². The molecule has 2 aliphatic rings. The highest BCUT2D eigenvalue weighted by Crippen LogP contribution is 2.39. The zero-order valence-electron chi connectivity index (χ0n) is 14.9. The van der Waals surface area contributed by atoms with Crippen molar-refractivity contribution in [2.45, 2.75) is 17.8 Å². The molecule has 3 rings (SSSR count). The van der Waals surface area contributed by atoms with Gasteiger partial charge in [0.2, 0.25) is 5.91 Å². The van der Waals surface area contributed by atoms with Crippen molar-refractivity contribution in [2.75, 3.05) is 31.1 Å². The summed E-state index contributed by atoms with van der Waals surface area (Å²) in [6.45, 7) is 0.568. The molecule has 29 heavy (non-hydrogen) atoms. The number of nitro groups is 1. The van der Waals surface area contributed by atoms with Gasteiger partial charge in [-0.2, -0.15) is 18.2 Å². The van der Waals surface area contributed by atoms with Crippen LogP contribution in [0, 0.1) is 10.1 Å². The lowest BCUT2D eigenvalue weighted by molar-refractivity contribution is -0.385. The van der Waals surface area contributed by atoms with Crippen LogP contribution in [0.2, 0.25) is 0 Å². The molecule has 1 aromatic rings. The van der Waals surface area contributed by atoms with Crippen molar-refractivity contribution in [1.29, 1.82) is 0 Å². The van der Waals surface area contributed by atoms with E-state index >= 15 is 0 Å². The molecule has 9 nitrogen and oxygen atoms in total. The Morgan fingerprint density at radius 2 is 1.97 bits per heavy atom. The number of aliphatic imine (C=N–C) groups is 1. The number of hydrogen-bond donors (Lipinski definition) is 1. The predicted octanol–water partition coefficient (Wildman–Crippen LogP) is 1.61. The van der Waals surface area contributed by atoms with E-state index in [0.717, 1.165) is 23.9 Å². The summed E-state index contributed by atoms with van der Waals surface area (Å²) in [4.78, 5) is 40.4. The van der Waals surface area contributed by atoms with E-state index in [1.165, 1.54) is 9.80 Å². The largest absolute Gasteiger partial charge is 0.418 e. The van der Waals surface area contributed by atoms with Gasteiger partial charge in [0.1, 0.15) is 5.25 Å². The number of anilines is 1. The summed E-state index contributed by atoms with van der Waals surface area (Å²) >= 11 is 1.01. The summed E-state index contributed by atoms with van der Waals surface area (Å²) in [5, 5.41) is 10.2. The number of hydrogen-bond acceptors (Lipinski definition) is 7. The Bertz CT molecular complexity index is 884. The van der Waals surface area contributed by atoms with Crippen LogP contribution in [0.4, 0.5) is 24.5 Å². The second-order valence-electron chi connectivity index (χ2n) is 6.42.